The van der Waals surface area contributed by atoms with Crippen molar-refractivity contribution < 1.29 is 19.5 Å². The van der Waals surface area contributed by atoms with Gasteiger partial charge in [-0.1, -0.05) is 35.5 Å². The predicted molar refractivity (Wildman–Crippen MR) is 59.6 cm³/mol. The van der Waals surface area contributed by atoms with E-state index in [4.69, 9.17) is 5.11 Å². The number of carboxylic acids is 1. The van der Waals surface area contributed by atoms with E-state index in [1.807, 2.05) is 30.3 Å². The maximum atomic E-state index is 11.1. The van der Waals surface area contributed by atoms with E-state index in [-0.39, 0.29) is 12.9 Å². The first-order valence-corrected chi connectivity index (χ1v) is 5.02. The molecule has 0 aliphatic heterocycles. The van der Waals surface area contributed by atoms with Gasteiger partial charge in [0.15, 0.2) is 6.04 Å². The van der Waals surface area contributed by atoms with E-state index in [0.717, 1.165) is 10.7 Å². The van der Waals surface area contributed by atoms with Crippen LogP contribution in [0.2, 0.25) is 0 Å². The first-order valence-electron chi connectivity index (χ1n) is 5.02. The molecule has 1 atom stereocenters. The maximum Gasteiger partial charge on any atom is 0.326 e. The number of hydrogen-bond donors (Lipinski definition) is 2. The van der Waals surface area contributed by atoms with Crippen LogP contribution in [0.4, 0.5) is 0 Å². The van der Waals surface area contributed by atoms with Crippen LogP contribution in [0.25, 0.3) is 0 Å². The molecule has 17 heavy (non-hydrogen) atoms. The lowest BCUT2D eigenvalue weighted by molar-refractivity contribution is -0.209. The molecule has 1 unspecified atom stereocenters. The van der Waals surface area contributed by atoms with Crippen LogP contribution in [0, 0.1) is 0 Å². The molecule has 92 valence electrons. The summed E-state index contributed by atoms with van der Waals surface area (Å²) in [6.07, 6.45) is 0.227. The van der Waals surface area contributed by atoms with Gasteiger partial charge in [-0.2, -0.15) is 0 Å². The van der Waals surface area contributed by atoms with E-state index in [1.54, 1.807) is 0 Å². The largest absolute Gasteiger partial charge is 0.480 e. The average Bonchev–Trinajstić information content (AvgIpc) is 2.34. The number of carboxylic acid groups (broad SMARTS) is 1. The fourth-order valence-electron chi connectivity index (χ4n) is 1.44. The Morgan fingerprint density at radius 3 is 2.65 bits per heavy atom. The number of carbonyl (C=O) groups excluding carboxylic acids is 1. The van der Waals surface area contributed by atoms with Crippen molar-refractivity contribution in [3.63, 3.8) is 0 Å². The van der Waals surface area contributed by atoms with E-state index in [1.165, 1.54) is 7.05 Å². The molecule has 1 aromatic carbocycles. The van der Waals surface area contributed by atoms with Gasteiger partial charge >= 0.3 is 12.4 Å². The number of hydrazine groups is 1. The van der Waals surface area contributed by atoms with E-state index < -0.39 is 12.0 Å². The Kier molecular flexibility index (Phi) is 5.12. The van der Waals surface area contributed by atoms with E-state index in [2.05, 4.69) is 10.3 Å². The smallest absolute Gasteiger partial charge is 0.326 e. The number of hydroxylamine groups is 1. The highest BCUT2D eigenvalue weighted by Gasteiger charge is 2.26. The summed E-state index contributed by atoms with van der Waals surface area (Å²) in [5.74, 6) is -1.08. The summed E-state index contributed by atoms with van der Waals surface area (Å²) in [7, 11) is 1.48. The Morgan fingerprint density at radius 1 is 1.53 bits per heavy atom. The van der Waals surface area contributed by atoms with Crippen LogP contribution in [0.15, 0.2) is 30.3 Å². The summed E-state index contributed by atoms with van der Waals surface area (Å²) in [6.45, 7) is 0.178. The van der Waals surface area contributed by atoms with Gasteiger partial charge in [0.1, 0.15) is 0 Å². The molecule has 1 rings (SSSR count). The molecule has 0 aromatic heterocycles. The van der Waals surface area contributed by atoms with Crippen LogP contribution < -0.4 is 5.43 Å². The molecule has 0 fully saturated rings. The number of aliphatic carboxylic acids is 1. The fourth-order valence-corrected chi connectivity index (χ4v) is 1.44. The number of carbonyl (C=O) groups is 2. The Morgan fingerprint density at radius 2 is 2.18 bits per heavy atom. The Hall–Kier alpha value is -1.92. The minimum atomic E-state index is -1.08. The molecule has 0 amide bonds. The molecule has 0 bridgehead atoms. The van der Waals surface area contributed by atoms with Crippen LogP contribution in [0.1, 0.15) is 5.56 Å². The summed E-state index contributed by atoms with van der Waals surface area (Å²) in [5.41, 5.74) is 3.35. The highest BCUT2D eigenvalue weighted by Crippen LogP contribution is 2.08. The van der Waals surface area contributed by atoms with Gasteiger partial charge in [0, 0.05) is 13.5 Å². The standard InChI is InChI=1S/C11H14N2O4/c1-12-13(17-8-14)10(11(15)16)7-9-5-3-2-4-6-9/h2-6,8,10,12H,7H2,1H3,(H,15,16). The Labute approximate surface area is 98.7 Å². The van der Waals surface area contributed by atoms with Gasteiger partial charge in [-0.05, 0) is 5.56 Å². The van der Waals surface area contributed by atoms with Crippen molar-refractivity contribution in [1.82, 2.24) is 10.6 Å². The molecular formula is C11H14N2O4. The molecule has 1 aromatic rings. The summed E-state index contributed by atoms with van der Waals surface area (Å²) in [4.78, 5) is 25.9. The molecule has 0 aliphatic carbocycles. The van der Waals surface area contributed by atoms with Crippen LogP contribution in [-0.2, 0) is 20.8 Å². The number of benzene rings is 1. The lowest BCUT2D eigenvalue weighted by Crippen LogP contribution is -2.48. The SMILES string of the molecule is CNN(OC=O)C(Cc1ccccc1)C(=O)O. The highest BCUT2D eigenvalue weighted by molar-refractivity contribution is 5.73. The molecule has 6 nitrogen and oxygen atoms in total. The molecular weight excluding hydrogens is 224 g/mol. The zero-order valence-electron chi connectivity index (χ0n) is 9.37. The van der Waals surface area contributed by atoms with Crippen LogP contribution in [-0.4, -0.2) is 35.8 Å². The zero-order chi connectivity index (χ0) is 12.7. The van der Waals surface area contributed by atoms with Crippen molar-refractivity contribution in [1.29, 1.82) is 0 Å². The van der Waals surface area contributed by atoms with Crippen molar-refractivity contribution in [3.05, 3.63) is 35.9 Å². The lowest BCUT2D eigenvalue weighted by Gasteiger charge is -2.24. The monoisotopic (exact) mass is 238 g/mol. The van der Waals surface area contributed by atoms with Crippen molar-refractivity contribution in [2.45, 2.75) is 12.5 Å². The van der Waals surface area contributed by atoms with E-state index in [9.17, 15) is 9.59 Å². The predicted octanol–water partition coefficient (Wildman–Crippen LogP) is 0.207. The molecule has 0 saturated heterocycles. The third-order valence-corrected chi connectivity index (χ3v) is 2.22. The molecule has 0 radical (unpaired) electrons. The minimum absolute atomic E-state index is 0.178. The summed E-state index contributed by atoms with van der Waals surface area (Å²) in [6, 6.07) is 8.12. The van der Waals surface area contributed by atoms with Gasteiger partial charge in [-0.15, -0.1) is 0 Å². The van der Waals surface area contributed by atoms with Gasteiger partial charge < -0.3 is 9.94 Å². The lowest BCUT2D eigenvalue weighted by atomic mass is 10.1. The second-order valence-corrected chi connectivity index (χ2v) is 3.29. The molecule has 0 spiro atoms. The fraction of sp³-hybridized carbons (Fsp3) is 0.273. The number of hydrogen-bond acceptors (Lipinski definition) is 5. The number of nitrogens with one attached hydrogen (secondary N) is 1. The normalized spacial score (nSPS) is 12.1. The van der Waals surface area contributed by atoms with Crippen LogP contribution in [0.5, 0.6) is 0 Å². The first-order chi connectivity index (χ1) is 8.19. The van der Waals surface area contributed by atoms with Crippen molar-refractivity contribution in [3.8, 4) is 0 Å². The third kappa shape index (κ3) is 3.86. The van der Waals surface area contributed by atoms with Crippen LogP contribution in [0.3, 0.4) is 0 Å². The van der Waals surface area contributed by atoms with E-state index >= 15 is 0 Å². The Balaban J connectivity index is 2.78. The molecule has 0 aliphatic rings. The summed E-state index contributed by atoms with van der Waals surface area (Å²) in [5, 5.41) is 9.99. The van der Waals surface area contributed by atoms with Crippen LogP contribution >= 0.6 is 0 Å². The molecule has 0 saturated carbocycles. The van der Waals surface area contributed by atoms with Gasteiger partial charge in [0.2, 0.25) is 0 Å². The minimum Gasteiger partial charge on any atom is -0.480 e. The third-order valence-electron chi connectivity index (χ3n) is 2.22. The Bertz CT molecular complexity index is 369. The number of rotatable bonds is 7. The average molecular weight is 238 g/mol. The first kappa shape index (κ1) is 13.1. The number of nitrogens with zero attached hydrogens (tertiary/aromatic N) is 1. The second-order valence-electron chi connectivity index (χ2n) is 3.29. The highest BCUT2D eigenvalue weighted by atomic mass is 16.7. The van der Waals surface area contributed by atoms with Crippen molar-refractivity contribution in [2.24, 2.45) is 0 Å². The second kappa shape index (κ2) is 6.62. The van der Waals surface area contributed by atoms with Crippen molar-refractivity contribution >= 4 is 12.4 Å². The molecule has 0 heterocycles. The van der Waals surface area contributed by atoms with E-state index in [0.29, 0.717) is 0 Å². The molecule has 6 heteroatoms. The van der Waals surface area contributed by atoms with Gasteiger partial charge in [-0.25, -0.2) is 5.43 Å². The molecule has 2 N–H and O–H groups in total. The quantitative estimate of drug-likeness (QED) is 0.522. The summed E-state index contributed by atoms with van der Waals surface area (Å²) < 4.78 is 0. The van der Waals surface area contributed by atoms with Gasteiger partial charge in [0.25, 0.3) is 0 Å². The van der Waals surface area contributed by atoms with Crippen molar-refractivity contribution in [2.75, 3.05) is 7.05 Å². The van der Waals surface area contributed by atoms with Gasteiger partial charge in [-0.3, -0.25) is 9.59 Å². The topological polar surface area (TPSA) is 78.9 Å². The maximum absolute atomic E-state index is 11.1. The zero-order valence-corrected chi connectivity index (χ0v) is 9.37. The van der Waals surface area contributed by atoms with Gasteiger partial charge in [0.05, 0.1) is 0 Å². The summed E-state index contributed by atoms with van der Waals surface area (Å²) >= 11 is 0.